The van der Waals surface area contributed by atoms with Gasteiger partial charge < -0.3 is 9.84 Å². The average Bonchev–Trinajstić information content (AvgIpc) is 2.26. The summed E-state index contributed by atoms with van der Waals surface area (Å²) >= 11 is 0. The van der Waals surface area contributed by atoms with Crippen molar-refractivity contribution in [2.75, 3.05) is 7.11 Å². The molecule has 1 N–H and O–H groups in total. The third kappa shape index (κ3) is 3.85. The van der Waals surface area contributed by atoms with Crippen LogP contribution in [0.1, 0.15) is 12.0 Å². The first kappa shape index (κ1) is 11.3. The van der Waals surface area contributed by atoms with Crippen LogP contribution in [0.4, 0.5) is 0 Å². The Labute approximate surface area is 89.0 Å². The Bertz CT molecular complexity index is 356. The zero-order valence-corrected chi connectivity index (χ0v) is 8.64. The van der Waals surface area contributed by atoms with E-state index in [1.165, 1.54) is 13.2 Å². The van der Waals surface area contributed by atoms with Gasteiger partial charge in [0.2, 0.25) is 0 Å². The number of phenolic OH excluding ortho intramolecular Hbond substituents is 1. The van der Waals surface area contributed by atoms with E-state index in [9.17, 15) is 9.90 Å². The molecule has 0 aromatic heterocycles. The predicted molar refractivity (Wildman–Crippen MR) is 57.6 cm³/mol. The second kappa shape index (κ2) is 5.86. The van der Waals surface area contributed by atoms with Gasteiger partial charge in [-0.2, -0.15) is 0 Å². The van der Waals surface area contributed by atoms with Crippen LogP contribution in [-0.2, 0) is 16.0 Å². The highest BCUT2D eigenvalue weighted by molar-refractivity contribution is 5.81. The summed E-state index contributed by atoms with van der Waals surface area (Å²) in [6, 6.07) is 7.17. The minimum atomic E-state index is -0.354. The Morgan fingerprint density at radius 2 is 2.20 bits per heavy atom. The van der Waals surface area contributed by atoms with E-state index in [1.807, 2.05) is 12.1 Å². The lowest BCUT2D eigenvalue weighted by molar-refractivity contribution is -0.134. The van der Waals surface area contributed by atoms with Crippen LogP contribution in [0.25, 0.3) is 0 Å². The standard InChI is InChI=1S/C12H14O3/c1-15-12(14)9-5-3-7-10-6-2-4-8-11(10)13/h2,4-6,8-9,13H,3,7H2,1H3. The molecule has 3 heteroatoms. The average molecular weight is 206 g/mol. The van der Waals surface area contributed by atoms with Gasteiger partial charge in [0, 0.05) is 6.08 Å². The van der Waals surface area contributed by atoms with E-state index in [1.54, 1.807) is 18.2 Å². The Balaban J connectivity index is 2.41. The second-order valence-electron chi connectivity index (χ2n) is 3.09. The molecule has 80 valence electrons. The molecule has 0 unspecified atom stereocenters. The van der Waals surface area contributed by atoms with Crippen LogP contribution < -0.4 is 0 Å². The monoisotopic (exact) mass is 206 g/mol. The summed E-state index contributed by atoms with van der Waals surface area (Å²) in [6.07, 6.45) is 4.53. The normalized spacial score (nSPS) is 10.5. The number of phenols is 1. The highest BCUT2D eigenvalue weighted by atomic mass is 16.5. The summed E-state index contributed by atoms with van der Waals surface area (Å²) in [7, 11) is 1.34. The molecule has 0 spiro atoms. The van der Waals surface area contributed by atoms with Crippen molar-refractivity contribution in [2.24, 2.45) is 0 Å². The van der Waals surface area contributed by atoms with Gasteiger partial charge in [-0.15, -0.1) is 0 Å². The third-order valence-electron chi connectivity index (χ3n) is 2.03. The van der Waals surface area contributed by atoms with E-state index in [0.717, 1.165) is 5.56 Å². The van der Waals surface area contributed by atoms with Crippen LogP contribution in [0.5, 0.6) is 5.75 Å². The Morgan fingerprint density at radius 3 is 2.87 bits per heavy atom. The van der Waals surface area contributed by atoms with Gasteiger partial charge in [-0.25, -0.2) is 4.79 Å². The minimum Gasteiger partial charge on any atom is -0.508 e. The van der Waals surface area contributed by atoms with Crippen molar-refractivity contribution in [1.29, 1.82) is 0 Å². The van der Waals surface area contributed by atoms with E-state index in [2.05, 4.69) is 4.74 Å². The summed E-state index contributed by atoms with van der Waals surface area (Å²) in [5.74, 6) is -0.0590. The van der Waals surface area contributed by atoms with Crippen molar-refractivity contribution in [3.05, 3.63) is 42.0 Å². The number of hydrogen-bond donors (Lipinski definition) is 1. The number of aryl methyl sites for hydroxylation is 1. The highest BCUT2D eigenvalue weighted by Gasteiger charge is 1.97. The zero-order valence-electron chi connectivity index (χ0n) is 8.64. The molecule has 1 rings (SSSR count). The van der Waals surface area contributed by atoms with E-state index in [-0.39, 0.29) is 5.97 Å². The number of ether oxygens (including phenoxy) is 1. The first-order valence-electron chi connectivity index (χ1n) is 4.75. The van der Waals surface area contributed by atoms with Gasteiger partial charge in [-0.05, 0) is 24.5 Å². The minimum absolute atomic E-state index is 0.295. The molecular weight excluding hydrogens is 192 g/mol. The van der Waals surface area contributed by atoms with Crippen molar-refractivity contribution in [2.45, 2.75) is 12.8 Å². The molecule has 0 amide bonds. The first-order chi connectivity index (χ1) is 7.24. The molecule has 1 aromatic rings. The molecule has 0 heterocycles. The molecule has 0 saturated carbocycles. The number of esters is 1. The number of aromatic hydroxyl groups is 1. The molecule has 0 radical (unpaired) electrons. The van der Waals surface area contributed by atoms with Crippen molar-refractivity contribution >= 4 is 5.97 Å². The van der Waals surface area contributed by atoms with Gasteiger partial charge >= 0.3 is 5.97 Å². The van der Waals surface area contributed by atoms with Crippen LogP contribution in [0.3, 0.4) is 0 Å². The quantitative estimate of drug-likeness (QED) is 0.605. The Morgan fingerprint density at radius 1 is 1.47 bits per heavy atom. The Hall–Kier alpha value is -1.77. The SMILES string of the molecule is COC(=O)C=CCCc1ccccc1O. The van der Waals surface area contributed by atoms with Gasteiger partial charge in [-0.3, -0.25) is 0 Å². The number of rotatable bonds is 4. The second-order valence-corrected chi connectivity index (χ2v) is 3.09. The molecule has 3 nitrogen and oxygen atoms in total. The highest BCUT2D eigenvalue weighted by Crippen LogP contribution is 2.17. The molecule has 1 aromatic carbocycles. The van der Waals surface area contributed by atoms with E-state index in [0.29, 0.717) is 18.6 Å². The molecule has 0 aliphatic rings. The number of benzene rings is 1. The summed E-state index contributed by atoms with van der Waals surface area (Å²) in [6.45, 7) is 0. The van der Waals surface area contributed by atoms with E-state index in [4.69, 9.17) is 0 Å². The van der Waals surface area contributed by atoms with Crippen molar-refractivity contribution < 1.29 is 14.6 Å². The molecular formula is C12H14O3. The van der Waals surface area contributed by atoms with Crippen LogP contribution in [0.2, 0.25) is 0 Å². The van der Waals surface area contributed by atoms with Gasteiger partial charge in [0.15, 0.2) is 0 Å². The maximum Gasteiger partial charge on any atom is 0.330 e. The van der Waals surface area contributed by atoms with E-state index < -0.39 is 0 Å². The van der Waals surface area contributed by atoms with Gasteiger partial charge in [0.1, 0.15) is 5.75 Å². The number of methoxy groups -OCH3 is 1. The molecule has 0 aliphatic heterocycles. The maximum atomic E-state index is 10.7. The number of allylic oxidation sites excluding steroid dienone is 1. The summed E-state index contributed by atoms with van der Waals surface area (Å²) in [4.78, 5) is 10.7. The lowest BCUT2D eigenvalue weighted by atomic mass is 10.1. The van der Waals surface area contributed by atoms with Gasteiger partial charge in [-0.1, -0.05) is 24.3 Å². The fraction of sp³-hybridized carbons (Fsp3) is 0.250. The number of carbonyl (C=O) groups excluding carboxylic acids is 1. The largest absolute Gasteiger partial charge is 0.508 e. The topological polar surface area (TPSA) is 46.5 Å². The molecule has 0 fully saturated rings. The first-order valence-corrected chi connectivity index (χ1v) is 4.75. The lowest BCUT2D eigenvalue weighted by Gasteiger charge is -2.00. The predicted octanol–water partition coefficient (Wildman–Crippen LogP) is 2.05. The smallest absolute Gasteiger partial charge is 0.330 e. The van der Waals surface area contributed by atoms with Crippen LogP contribution >= 0.6 is 0 Å². The number of carbonyl (C=O) groups is 1. The number of para-hydroxylation sites is 1. The van der Waals surface area contributed by atoms with E-state index >= 15 is 0 Å². The molecule has 0 saturated heterocycles. The van der Waals surface area contributed by atoms with Crippen molar-refractivity contribution in [3.8, 4) is 5.75 Å². The summed E-state index contributed by atoms with van der Waals surface area (Å²) < 4.78 is 4.45. The molecule has 0 aliphatic carbocycles. The summed E-state index contributed by atoms with van der Waals surface area (Å²) in [5.41, 5.74) is 0.881. The maximum absolute atomic E-state index is 10.7. The van der Waals surface area contributed by atoms with Crippen molar-refractivity contribution in [1.82, 2.24) is 0 Å². The van der Waals surface area contributed by atoms with Crippen LogP contribution in [-0.4, -0.2) is 18.2 Å². The van der Waals surface area contributed by atoms with Gasteiger partial charge in [0.25, 0.3) is 0 Å². The fourth-order valence-electron chi connectivity index (χ4n) is 1.21. The molecule has 0 bridgehead atoms. The zero-order chi connectivity index (χ0) is 11.1. The molecule has 15 heavy (non-hydrogen) atoms. The lowest BCUT2D eigenvalue weighted by Crippen LogP contribution is -1.93. The number of hydrogen-bond acceptors (Lipinski definition) is 3. The van der Waals surface area contributed by atoms with Gasteiger partial charge in [0.05, 0.1) is 7.11 Å². The van der Waals surface area contributed by atoms with Crippen LogP contribution in [0.15, 0.2) is 36.4 Å². The summed E-state index contributed by atoms with van der Waals surface area (Å²) in [5, 5.41) is 9.45. The van der Waals surface area contributed by atoms with Crippen LogP contribution in [0, 0.1) is 0 Å². The molecule has 0 atom stereocenters. The van der Waals surface area contributed by atoms with Crippen molar-refractivity contribution in [3.63, 3.8) is 0 Å². The fourth-order valence-corrected chi connectivity index (χ4v) is 1.21. The Kier molecular flexibility index (Phi) is 4.41. The third-order valence-corrected chi connectivity index (χ3v) is 2.03.